The minimum absolute atomic E-state index is 0.0673. The topological polar surface area (TPSA) is 90.8 Å². The molecule has 1 aromatic carbocycles. The third-order valence-corrected chi connectivity index (χ3v) is 4.35. The first kappa shape index (κ1) is 22.0. The van der Waals surface area contributed by atoms with Crippen LogP contribution in [0.5, 0.6) is 17.4 Å². The summed E-state index contributed by atoms with van der Waals surface area (Å²) < 4.78 is 16.3. The van der Waals surface area contributed by atoms with Crippen LogP contribution in [0, 0.1) is 0 Å². The number of likely N-dealkylation sites (N-methyl/N-ethyl adjacent to an activating group) is 1. The van der Waals surface area contributed by atoms with Gasteiger partial charge in [0.25, 0.3) is 5.91 Å². The Labute approximate surface area is 184 Å². The van der Waals surface area contributed by atoms with Crippen LogP contribution in [0.15, 0.2) is 67.1 Å². The van der Waals surface area contributed by atoms with Crippen molar-refractivity contribution in [3.8, 4) is 17.4 Å². The number of carbonyl (C=O) groups is 2. The van der Waals surface area contributed by atoms with Crippen LogP contribution in [0.4, 0.5) is 0 Å². The van der Waals surface area contributed by atoms with Crippen LogP contribution < -0.4 is 9.47 Å². The Bertz CT molecular complexity index is 1020. The first-order valence-electron chi connectivity index (χ1n) is 9.35. The van der Waals surface area contributed by atoms with Crippen LogP contribution >= 0.6 is 11.6 Å². The maximum Gasteiger partial charge on any atom is 0.344 e. The van der Waals surface area contributed by atoms with E-state index in [4.69, 9.17) is 25.8 Å². The normalized spacial score (nSPS) is 10.3. The molecular weight excluding hydrogens is 422 g/mol. The van der Waals surface area contributed by atoms with Gasteiger partial charge in [0.15, 0.2) is 6.61 Å². The number of carbonyl (C=O) groups excluding carboxylic acids is 2. The molecule has 0 saturated carbocycles. The molecule has 0 N–H and O–H groups in total. The highest BCUT2D eigenvalue weighted by atomic mass is 35.5. The van der Waals surface area contributed by atoms with E-state index in [2.05, 4.69) is 9.97 Å². The van der Waals surface area contributed by atoms with E-state index in [-0.39, 0.29) is 24.0 Å². The van der Waals surface area contributed by atoms with Gasteiger partial charge in [0.1, 0.15) is 23.7 Å². The summed E-state index contributed by atoms with van der Waals surface area (Å²) in [5.74, 6) is 0.0524. The molecular formula is C22H20ClN3O5. The van der Waals surface area contributed by atoms with E-state index in [0.717, 1.165) is 0 Å². The fraction of sp³-hybridized carbons (Fsp3) is 0.182. The molecule has 0 aliphatic rings. The van der Waals surface area contributed by atoms with Crippen LogP contribution in [-0.4, -0.2) is 53.6 Å². The Hall–Kier alpha value is -3.65. The number of halogens is 1. The first-order chi connectivity index (χ1) is 15.0. The summed E-state index contributed by atoms with van der Waals surface area (Å²) >= 11 is 5.83. The van der Waals surface area contributed by atoms with Crippen molar-refractivity contribution in [2.75, 3.05) is 26.8 Å². The molecule has 1 amide bonds. The quantitative estimate of drug-likeness (QED) is 0.468. The van der Waals surface area contributed by atoms with Crippen molar-refractivity contribution in [1.29, 1.82) is 0 Å². The molecule has 2 aromatic heterocycles. The van der Waals surface area contributed by atoms with E-state index in [1.54, 1.807) is 55.7 Å². The molecule has 160 valence electrons. The lowest BCUT2D eigenvalue weighted by molar-refractivity contribution is -0.133. The second-order valence-corrected chi connectivity index (χ2v) is 6.78. The molecule has 0 aliphatic carbocycles. The second-order valence-electron chi connectivity index (χ2n) is 6.34. The van der Waals surface area contributed by atoms with Crippen LogP contribution in [-0.2, 0) is 9.53 Å². The van der Waals surface area contributed by atoms with E-state index >= 15 is 0 Å². The zero-order valence-electron chi connectivity index (χ0n) is 16.7. The molecule has 0 radical (unpaired) electrons. The fourth-order valence-corrected chi connectivity index (χ4v) is 2.54. The van der Waals surface area contributed by atoms with Crippen molar-refractivity contribution >= 4 is 23.5 Å². The summed E-state index contributed by atoms with van der Waals surface area (Å²) in [6.07, 6.45) is 4.58. The van der Waals surface area contributed by atoms with Gasteiger partial charge >= 0.3 is 5.97 Å². The first-order valence-corrected chi connectivity index (χ1v) is 9.73. The summed E-state index contributed by atoms with van der Waals surface area (Å²) in [5, 5.41) is 0.615. The number of nitrogens with zero attached hydrogens (tertiary/aromatic N) is 3. The van der Waals surface area contributed by atoms with Gasteiger partial charge in [0.2, 0.25) is 5.88 Å². The van der Waals surface area contributed by atoms with E-state index in [0.29, 0.717) is 23.1 Å². The van der Waals surface area contributed by atoms with Gasteiger partial charge in [-0.25, -0.2) is 9.78 Å². The number of ether oxygens (including phenoxy) is 3. The van der Waals surface area contributed by atoms with Gasteiger partial charge in [-0.1, -0.05) is 11.6 Å². The minimum atomic E-state index is -0.717. The summed E-state index contributed by atoms with van der Waals surface area (Å²) in [5.41, 5.74) is 0.105. The van der Waals surface area contributed by atoms with Crippen molar-refractivity contribution < 1.29 is 23.8 Å². The highest BCUT2D eigenvalue weighted by Gasteiger charge is 2.18. The predicted molar refractivity (Wildman–Crippen MR) is 113 cm³/mol. The van der Waals surface area contributed by atoms with Gasteiger partial charge < -0.3 is 19.1 Å². The van der Waals surface area contributed by atoms with Crippen molar-refractivity contribution in [2.24, 2.45) is 0 Å². The van der Waals surface area contributed by atoms with Gasteiger partial charge in [0.05, 0.1) is 12.7 Å². The van der Waals surface area contributed by atoms with E-state index in [1.807, 2.05) is 0 Å². The molecule has 0 atom stereocenters. The number of aromatic nitrogens is 2. The third kappa shape index (κ3) is 6.68. The minimum Gasteiger partial charge on any atom is -0.492 e. The van der Waals surface area contributed by atoms with E-state index < -0.39 is 12.6 Å². The second kappa shape index (κ2) is 10.9. The molecule has 9 heteroatoms. The lowest BCUT2D eigenvalue weighted by Crippen LogP contribution is -2.34. The number of rotatable bonds is 9. The largest absolute Gasteiger partial charge is 0.492 e. The number of amides is 1. The average molecular weight is 442 g/mol. The molecule has 3 aromatic rings. The predicted octanol–water partition coefficient (Wildman–Crippen LogP) is 3.62. The fourth-order valence-electron chi connectivity index (χ4n) is 2.42. The van der Waals surface area contributed by atoms with Gasteiger partial charge in [-0.3, -0.25) is 9.78 Å². The van der Waals surface area contributed by atoms with Crippen molar-refractivity contribution in [1.82, 2.24) is 14.9 Å². The summed E-state index contributed by atoms with van der Waals surface area (Å²) in [7, 11) is 1.60. The average Bonchev–Trinajstić information content (AvgIpc) is 2.79. The van der Waals surface area contributed by atoms with Gasteiger partial charge in [-0.15, -0.1) is 0 Å². The Balaban J connectivity index is 1.48. The maximum absolute atomic E-state index is 12.4. The molecule has 0 spiro atoms. The third-order valence-electron chi connectivity index (χ3n) is 4.10. The molecule has 0 fully saturated rings. The number of esters is 1. The Kier molecular flexibility index (Phi) is 7.78. The molecule has 31 heavy (non-hydrogen) atoms. The van der Waals surface area contributed by atoms with Crippen molar-refractivity contribution in [2.45, 2.75) is 0 Å². The number of pyridine rings is 2. The molecule has 0 aliphatic heterocycles. The van der Waals surface area contributed by atoms with Gasteiger partial charge in [-0.2, -0.15) is 0 Å². The number of benzene rings is 1. The van der Waals surface area contributed by atoms with Crippen LogP contribution in [0.25, 0.3) is 0 Å². The van der Waals surface area contributed by atoms with Crippen molar-refractivity contribution in [3.05, 3.63) is 77.7 Å². The van der Waals surface area contributed by atoms with E-state index in [9.17, 15) is 9.59 Å². The summed E-state index contributed by atoms with van der Waals surface area (Å²) in [6, 6.07) is 13.4. The molecule has 8 nitrogen and oxygen atoms in total. The lowest BCUT2D eigenvalue weighted by atomic mass is 10.3. The van der Waals surface area contributed by atoms with Gasteiger partial charge in [-0.05, 0) is 48.5 Å². The zero-order valence-corrected chi connectivity index (χ0v) is 17.5. The summed E-state index contributed by atoms with van der Waals surface area (Å²) in [6.45, 7) is 0.183. The van der Waals surface area contributed by atoms with Crippen LogP contribution in [0.1, 0.15) is 10.4 Å². The lowest BCUT2D eigenvalue weighted by Gasteiger charge is -2.17. The highest BCUT2D eigenvalue weighted by molar-refractivity contribution is 6.30. The smallest absolute Gasteiger partial charge is 0.344 e. The zero-order chi connectivity index (χ0) is 22.1. The Morgan fingerprint density at radius 3 is 2.55 bits per heavy atom. The molecule has 0 unspecified atom stereocenters. The molecule has 0 saturated heterocycles. The summed E-state index contributed by atoms with van der Waals surface area (Å²) in [4.78, 5) is 34.1. The molecule has 0 bridgehead atoms. The Morgan fingerprint density at radius 2 is 1.81 bits per heavy atom. The van der Waals surface area contributed by atoms with Crippen molar-refractivity contribution in [3.63, 3.8) is 0 Å². The highest BCUT2D eigenvalue weighted by Crippen LogP contribution is 2.22. The Morgan fingerprint density at radius 1 is 1.03 bits per heavy atom. The SMILES string of the molecule is CN(CCOc1ccc(Cl)cc1)C(=O)COC(=O)c1cccnc1Oc1cccnc1. The molecule has 2 heterocycles. The van der Waals surface area contributed by atoms with Crippen LogP contribution in [0.3, 0.4) is 0 Å². The molecule has 3 rings (SSSR count). The number of hydrogen-bond donors (Lipinski definition) is 0. The van der Waals surface area contributed by atoms with Crippen LogP contribution in [0.2, 0.25) is 5.02 Å². The van der Waals surface area contributed by atoms with E-state index in [1.165, 1.54) is 23.4 Å². The standard InChI is InChI=1S/C22H20ClN3O5/c1-26(12-13-29-17-8-6-16(23)7-9-17)20(27)15-30-22(28)19-5-3-11-25-21(19)31-18-4-2-10-24-14-18/h2-11,14H,12-13,15H2,1H3. The maximum atomic E-state index is 12.4. The number of hydrogen-bond acceptors (Lipinski definition) is 7. The monoisotopic (exact) mass is 441 g/mol. The van der Waals surface area contributed by atoms with Gasteiger partial charge in [0, 0.05) is 24.5 Å².